The lowest BCUT2D eigenvalue weighted by molar-refractivity contribution is -0.116. The lowest BCUT2D eigenvalue weighted by Crippen LogP contribution is -2.36. The van der Waals surface area contributed by atoms with Crippen molar-refractivity contribution in [3.8, 4) is 5.69 Å². The van der Waals surface area contributed by atoms with Crippen molar-refractivity contribution in [3.05, 3.63) is 90.3 Å². The summed E-state index contributed by atoms with van der Waals surface area (Å²) in [6.45, 7) is -0.0548. The van der Waals surface area contributed by atoms with E-state index in [0.717, 1.165) is 40.7 Å². The fourth-order valence-corrected chi connectivity index (χ4v) is 3.90. The zero-order chi connectivity index (χ0) is 22.1. The average molecular weight is 425 g/mol. The zero-order valence-corrected chi connectivity index (χ0v) is 17.9. The summed E-state index contributed by atoms with van der Waals surface area (Å²) in [7, 11) is 1.64. The smallest absolute Gasteiger partial charge is 0.272 e. The summed E-state index contributed by atoms with van der Waals surface area (Å²) < 4.78 is 1.69. The molecule has 0 spiro atoms. The van der Waals surface area contributed by atoms with E-state index in [4.69, 9.17) is 5.10 Å². The minimum absolute atomic E-state index is 0.0548. The normalized spacial score (nSPS) is 13.2. The van der Waals surface area contributed by atoms with Crippen LogP contribution in [0, 0.1) is 0 Å². The van der Waals surface area contributed by atoms with Gasteiger partial charge in [0.05, 0.1) is 17.9 Å². The Labute approximate surface area is 186 Å². The number of aromatic nitrogens is 2. The highest BCUT2D eigenvalue weighted by atomic mass is 16.2. The second kappa shape index (κ2) is 8.30. The van der Waals surface area contributed by atoms with Crippen molar-refractivity contribution < 1.29 is 9.59 Å². The van der Waals surface area contributed by atoms with E-state index in [1.165, 1.54) is 4.90 Å². The maximum atomic E-state index is 13.3. The second-order valence-electron chi connectivity index (χ2n) is 8.21. The number of nitrogens with zero attached hydrogens (tertiary/aromatic N) is 3. The summed E-state index contributed by atoms with van der Waals surface area (Å²) in [6.07, 6.45) is 2.20. The van der Waals surface area contributed by atoms with Gasteiger partial charge in [-0.15, -0.1) is 0 Å². The molecule has 0 saturated heterocycles. The number of para-hydroxylation sites is 1. The number of carbonyl (C=O) groups excluding carboxylic acids is 2. The monoisotopic (exact) mass is 424 g/mol. The minimum Gasteiger partial charge on any atom is -0.331 e. The van der Waals surface area contributed by atoms with Crippen LogP contribution in [0.4, 0.5) is 5.69 Å². The molecular formula is C26H24N4O2. The number of hydrogen-bond donors (Lipinski definition) is 1. The van der Waals surface area contributed by atoms with Crippen LogP contribution in [0.2, 0.25) is 0 Å². The first-order valence-corrected chi connectivity index (χ1v) is 10.8. The number of benzene rings is 3. The summed E-state index contributed by atoms with van der Waals surface area (Å²) in [5, 5.41) is 9.66. The molecule has 1 N–H and O–H groups in total. The third-order valence-corrected chi connectivity index (χ3v) is 5.73. The highest BCUT2D eigenvalue weighted by Crippen LogP contribution is 2.39. The fourth-order valence-electron chi connectivity index (χ4n) is 3.90. The Kier molecular flexibility index (Phi) is 5.19. The second-order valence-corrected chi connectivity index (χ2v) is 8.21. The predicted octanol–water partition coefficient (Wildman–Crippen LogP) is 4.61. The molecule has 32 heavy (non-hydrogen) atoms. The number of amides is 2. The quantitative estimate of drug-likeness (QED) is 0.491. The summed E-state index contributed by atoms with van der Waals surface area (Å²) >= 11 is 0. The van der Waals surface area contributed by atoms with Gasteiger partial charge in [-0.3, -0.25) is 9.59 Å². The molecule has 6 heteroatoms. The largest absolute Gasteiger partial charge is 0.331 e. The average Bonchev–Trinajstić information content (AvgIpc) is 3.57. The lowest BCUT2D eigenvalue weighted by Gasteiger charge is -2.18. The van der Waals surface area contributed by atoms with Crippen LogP contribution in [0.3, 0.4) is 0 Å². The van der Waals surface area contributed by atoms with Gasteiger partial charge >= 0.3 is 0 Å². The number of carbonyl (C=O) groups is 2. The molecule has 6 nitrogen and oxygen atoms in total. The highest BCUT2D eigenvalue weighted by Gasteiger charge is 2.30. The van der Waals surface area contributed by atoms with E-state index in [9.17, 15) is 9.59 Å². The lowest BCUT2D eigenvalue weighted by atomic mass is 10.1. The molecule has 1 heterocycles. The summed E-state index contributed by atoms with van der Waals surface area (Å²) in [5.74, 6) is -0.0572. The molecule has 1 aliphatic rings. The molecule has 1 saturated carbocycles. The van der Waals surface area contributed by atoms with Gasteiger partial charge in [0, 0.05) is 24.0 Å². The topological polar surface area (TPSA) is 67.2 Å². The van der Waals surface area contributed by atoms with E-state index >= 15 is 0 Å². The Hall–Kier alpha value is -3.93. The number of nitrogens with one attached hydrogen (secondary N) is 1. The third-order valence-electron chi connectivity index (χ3n) is 5.73. The van der Waals surface area contributed by atoms with Crippen LogP contribution in [0.5, 0.6) is 0 Å². The Morgan fingerprint density at radius 2 is 1.72 bits per heavy atom. The van der Waals surface area contributed by atoms with Gasteiger partial charge in [-0.1, -0.05) is 54.6 Å². The van der Waals surface area contributed by atoms with E-state index in [0.29, 0.717) is 11.6 Å². The predicted molar refractivity (Wildman–Crippen MR) is 125 cm³/mol. The van der Waals surface area contributed by atoms with Crippen molar-refractivity contribution in [2.45, 2.75) is 18.8 Å². The van der Waals surface area contributed by atoms with E-state index in [-0.39, 0.29) is 18.4 Å². The maximum absolute atomic E-state index is 13.3. The van der Waals surface area contributed by atoms with Crippen LogP contribution in [0.25, 0.3) is 16.5 Å². The molecule has 1 aliphatic carbocycles. The molecule has 3 aromatic carbocycles. The molecule has 4 aromatic rings. The SMILES string of the molecule is CN(CC(=O)Nc1cccc2ccccc12)C(=O)c1cc(C2CC2)nn1-c1ccccc1. The molecule has 1 fully saturated rings. The van der Waals surface area contributed by atoms with Crippen LogP contribution >= 0.6 is 0 Å². The van der Waals surface area contributed by atoms with Crippen LogP contribution in [-0.2, 0) is 4.79 Å². The van der Waals surface area contributed by atoms with Gasteiger partial charge in [0.1, 0.15) is 5.69 Å². The van der Waals surface area contributed by atoms with Gasteiger partial charge < -0.3 is 10.2 Å². The molecule has 2 amide bonds. The van der Waals surface area contributed by atoms with Crippen LogP contribution in [0.1, 0.15) is 34.9 Å². The summed E-state index contributed by atoms with van der Waals surface area (Å²) in [4.78, 5) is 27.5. The first-order chi connectivity index (χ1) is 15.6. The Morgan fingerprint density at radius 3 is 2.50 bits per heavy atom. The molecule has 1 aromatic heterocycles. The molecule has 0 bridgehead atoms. The van der Waals surface area contributed by atoms with E-state index in [1.807, 2.05) is 78.9 Å². The van der Waals surface area contributed by atoms with Crippen molar-refractivity contribution in [2.75, 3.05) is 18.9 Å². The molecule has 0 aliphatic heterocycles. The third kappa shape index (κ3) is 3.99. The maximum Gasteiger partial charge on any atom is 0.272 e. The van der Waals surface area contributed by atoms with E-state index < -0.39 is 0 Å². The van der Waals surface area contributed by atoms with Crippen molar-refractivity contribution in [1.82, 2.24) is 14.7 Å². The number of likely N-dealkylation sites (N-methyl/N-ethyl adjacent to an activating group) is 1. The molecule has 160 valence electrons. The van der Waals surface area contributed by atoms with Crippen LogP contribution < -0.4 is 5.32 Å². The zero-order valence-electron chi connectivity index (χ0n) is 17.9. The standard InChI is InChI=1S/C26H24N4O2/c1-29(17-25(31)27-22-13-7-9-18-8-5-6-12-21(18)22)26(32)24-16-23(19-14-15-19)28-30(24)20-10-3-2-4-11-20/h2-13,16,19H,14-15,17H2,1H3,(H,27,31). The van der Waals surface area contributed by atoms with Gasteiger partial charge in [0.2, 0.25) is 5.91 Å². The molecule has 0 unspecified atom stereocenters. The van der Waals surface area contributed by atoms with Crippen molar-refractivity contribution in [2.24, 2.45) is 0 Å². The van der Waals surface area contributed by atoms with Gasteiger partial charge in [0.25, 0.3) is 5.91 Å². The Bertz CT molecular complexity index is 1290. The number of fused-ring (bicyclic) bond motifs is 1. The van der Waals surface area contributed by atoms with Gasteiger partial charge in [-0.25, -0.2) is 4.68 Å². The number of anilines is 1. The highest BCUT2D eigenvalue weighted by molar-refractivity contribution is 6.04. The van der Waals surface area contributed by atoms with E-state index in [2.05, 4.69) is 5.32 Å². The molecule has 0 radical (unpaired) electrons. The number of hydrogen-bond acceptors (Lipinski definition) is 3. The minimum atomic E-state index is -0.245. The first-order valence-electron chi connectivity index (χ1n) is 10.8. The fraction of sp³-hybridized carbons (Fsp3) is 0.192. The van der Waals surface area contributed by atoms with Crippen molar-refractivity contribution in [3.63, 3.8) is 0 Å². The number of rotatable bonds is 6. The van der Waals surface area contributed by atoms with Gasteiger partial charge in [-0.2, -0.15) is 5.10 Å². The van der Waals surface area contributed by atoms with Gasteiger partial charge in [0.15, 0.2) is 0 Å². The van der Waals surface area contributed by atoms with Gasteiger partial charge in [-0.05, 0) is 42.5 Å². The summed E-state index contributed by atoms with van der Waals surface area (Å²) in [5.41, 5.74) is 2.97. The first kappa shape index (κ1) is 20.0. The molecular weight excluding hydrogens is 400 g/mol. The van der Waals surface area contributed by atoms with Crippen LogP contribution in [-0.4, -0.2) is 40.1 Å². The molecule has 0 atom stereocenters. The molecule has 5 rings (SSSR count). The van der Waals surface area contributed by atoms with E-state index in [1.54, 1.807) is 11.7 Å². The Balaban J connectivity index is 1.35. The Morgan fingerprint density at radius 1 is 1.00 bits per heavy atom. The van der Waals surface area contributed by atoms with Crippen molar-refractivity contribution in [1.29, 1.82) is 0 Å². The van der Waals surface area contributed by atoms with Crippen molar-refractivity contribution >= 4 is 28.3 Å². The van der Waals surface area contributed by atoms with Crippen LogP contribution in [0.15, 0.2) is 78.9 Å². The summed E-state index contributed by atoms with van der Waals surface area (Å²) in [6, 6.07) is 25.1.